The fourth-order valence-corrected chi connectivity index (χ4v) is 2.20. The average molecular weight is 232 g/mol. The molecule has 2 rings (SSSR count). The summed E-state index contributed by atoms with van der Waals surface area (Å²) in [6.45, 7) is 4.06. The molecule has 3 heteroatoms. The normalized spacial score (nSPS) is 16.6. The van der Waals surface area contributed by atoms with Crippen LogP contribution in [0.15, 0.2) is 18.2 Å². The molecular weight excluding hydrogens is 212 g/mol. The van der Waals surface area contributed by atoms with Gasteiger partial charge in [-0.2, -0.15) is 0 Å². The van der Waals surface area contributed by atoms with Gasteiger partial charge in [0, 0.05) is 24.3 Å². The van der Waals surface area contributed by atoms with E-state index in [4.69, 9.17) is 5.73 Å². The largest absolute Gasteiger partial charge is 0.399 e. The number of hydrogen-bond acceptors (Lipinski definition) is 2. The van der Waals surface area contributed by atoms with Gasteiger partial charge in [0.15, 0.2) is 0 Å². The van der Waals surface area contributed by atoms with E-state index in [-0.39, 0.29) is 5.91 Å². The number of nitrogen functional groups attached to an aromatic ring is 1. The maximum atomic E-state index is 12.3. The molecule has 1 aliphatic rings. The highest BCUT2D eigenvalue weighted by Gasteiger charge is 2.32. The van der Waals surface area contributed by atoms with Gasteiger partial charge in [-0.3, -0.25) is 4.79 Å². The van der Waals surface area contributed by atoms with Crippen molar-refractivity contribution in [3.63, 3.8) is 0 Å². The molecular formula is C14H20N2O. The SMILES string of the molecule is Cc1cc(N)ccc1C(=O)N(C)C(C)C1CC1. The van der Waals surface area contributed by atoms with Gasteiger partial charge in [-0.1, -0.05) is 0 Å². The molecule has 1 fully saturated rings. The number of rotatable bonds is 3. The summed E-state index contributed by atoms with van der Waals surface area (Å²) in [5.41, 5.74) is 8.11. The lowest BCUT2D eigenvalue weighted by Gasteiger charge is -2.25. The average Bonchev–Trinajstić information content (AvgIpc) is 3.10. The van der Waals surface area contributed by atoms with E-state index in [0.29, 0.717) is 17.6 Å². The molecule has 0 aromatic heterocycles. The zero-order valence-corrected chi connectivity index (χ0v) is 10.7. The van der Waals surface area contributed by atoms with Gasteiger partial charge in [-0.15, -0.1) is 0 Å². The minimum absolute atomic E-state index is 0.0990. The Labute approximate surface area is 103 Å². The third-order valence-corrected chi connectivity index (χ3v) is 3.72. The van der Waals surface area contributed by atoms with E-state index in [1.165, 1.54) is 12.8 Å². The molecule has 0 bridgehead atoms. The van der Waals surface area contributed by atoms with Crippen LogP contribution in [0.25, 0.3) is 0 Å². The lowest BCUT2D eigenvalue weighted by Crippen LogP contribution is -2.36. The first kappa shape index (κ1) is 12.0. The number of aryl methyl sites for hydroxylation is 1. The van der Waals surface area contributed by atoms with Gasteiger partial charge in [0.05, 0.1) is 0 Å². The second-order valence-electron chi connectivity index (χ2n) is 5.07. The van der Waals surface area contributed by atoms with Crippen LogP contribution >= 0.6 is 0 Å². The van der Waals surface area contributed by atoms with Gasteiger partial charge < -0.3 is 10.6 Å². The maximum absolute atomic E-state index is 12.3. The van der Waals surface area contributed by atoms with Crippen molar-refractivity contribution in [2.24, 2.45) is 5.92 Å². The highest BCUT2D eigenvalue weighted by atomic mass is 16.2. The molecule has 1 saturated carbocycles. The number of nitrogens with two attached hydrogens (primary N) is 1. The van der Waals surface area contributed by atoms with E-state index in [9.17, 15) is 4.79 Å². The third kappa shape index (κ3) is 2.43. The second-order valence-corrected chi connectivity index (χ2v) is 5.07. The van der Waals surface area contributed by atoms with Crippen molar-refractivity contribution in [2.75, 3.05) is 12.8 Å². The summed E-state index contributed by atoms with van der Waals surface area (Å²) in [5.74, 6) is 0.792. The maximum Gasteiger partial charge on any atom is 0.254 e. The van der Waals surface area contributed by atoms with E-state index < -0.39 is 0 Å². The first-order valence-electron chi connectivity index (χ1n) is 6.14. The molecule has 0 aliphatic heterocycles. The van der Waals surface area contributed by atoms with Crippen molar-refractivity contribution in [3.05, 3.63) is 29.3 Å². The van der Waals surface area contributed by atoms with Crippen LogP contribution < -0.4 is 5.73 Å². The Balaban J connectivity index is 2.18. The van der Waals surface area contributed by atoms with Crippen LogP contribution in [-0.2, 0) is 0 Å². The first-order chi connectivity index (χ1) is 8.00. The molecule has 3 nitrogen and oxygen atoms in total. The summed E-state index contributed by atoms with van der Waals surface area (Å²) in [6.07, 6.45) is 2.50. The smallest absolute Gasteiger partial charge is 0.254 e. The van der Waals surface area contributed by atoms with Crippen LogP contribution in [0.3, 0.4) is 0 Å². The van der Waals surface area contributed by atoms with Gasteiger partial charge in [-0.25, -0.2) is 0 Å². The lowest BCUT2D eigenvalue weighted by atomic mass is 10.1. The Hall–Kier alpha value is -1.51. The van der Waals surface area contributed by atoms with E-state index in [1.807, 2.05) is 31.0 Å². The van der Waals surface area contributed by atoms with Crippen LogP contribution in [0.4, 0.5) is 5.69 Å². The highest BCUT2D eigenvalue weighted by Crippen LogP contribution is 2.35. The van der Waals surface area contributed by atoms with E-state index in [1.54, 1.807) is 6.07 Å². The Morgan fingerprint density at radius 1 is 1.47 bits per heavy atom. The molecule has 17 heavy (non-hydrogen) atoms. The van der Waals surface area contributed by atoms with Gasteiger partial charge in [0.2, 0.25) is 0 Å². The van der Waals surface area contributed by atoms with Crippen molar-refractivity contribution in [1.29, 1.82) is 0 Å². The van der Waals surface area contributed by atoms with Crippen molar-refractivity contribution < 1.29 is 4.79 Å². The molecule has 92 valence electrons. The summed E-state index contributed by atoms with van der Waals surface area (Å²) >= 11 is 0. The van der Waals surface area contributed by atoms with E-state index in [2.05, 4.69) is 6.92 Å². The summed E-state index contributed by atoms with van der Waals surface area (Å²) in [4.78, 5) is 14.2. The Kier molecular flexibility index (Phi) is 3.09. The molecule has 1 amide bonds. The Morgan fingerprint density at radius 3 is 2.65 bits per heavy atom. The van der Waals surface area contributed by atoms with Gasteiger partial charge >= 0.3 is 0 Å². The molecule has 1 atom stereocenters. The van der Waals surface area contributed by atoms with Gasteiger partial charge in [0.1, 0.15) is 0 Å². The predicted molar refractivity (Wildman–Crippen MR) is 69.9 cm³/mol. The first-order valence-corrected chi connectivity index (χ1v) is 6.14. The van der Waals surface area contributed by atoms with Crippen molar-refractivity contribution in [3.8, 4) is 0 Å². The number of benzene rings is 1. The minimum Gasteiger partial charge on any atom is -0.399 e. The number of hydrogen-bond donors (Lipinski definition) is 1. The molecule has 0 heterocycles. The van der Waals surface area contributed by atoms with Gasteiger partial charge in [0.25, 0.3) is 5.91 Å². The summed E-state index contributed by atoms with van der Waals surface area (Å²) in [6, 6.07) is 5.79. The van der Waals surface area contributed by atoms with Crippen molar-refractivity contribution >= 4 is 11.6 Å². The van der Waals surface area contributed by atoms with Crippen LogP contribution in [0.5, 0.6) is 0 Å². The highest BCUT2D eigenvalue weighted by molar-refractivity contribution is 5.96. The van der Waals surface area contributed by atoms with Crippen LogP contribution in [0.1, 0.15) is 35.7 Å². The van der Waals surface area contributed by atoms with E-state index >= 15 is 0 Å². The topological polar surface area (TPSA) is 46.3 Å². The van der Waals surface area contributed by atoms with Gasteiger partial charge in [-0.05, 0) is 56.4 Å². The minimum atomic E-state index is 0.0990. The van der Waals surface area contributed by atoms with Crippen LogP contribution in [-0.4, -0.2) is 23.9 Å². The molecule has 1 aromatic carbocycles. The lowest BCUT2D eigenvalue weighted by molar-refractivity contribution is 0.0726. The number of amides is 1. The molecule has 2 N–H and O–H groups in total. The zero-order chi connectivity index (χ0) is 12.6. The van der Waals surface area contributed by atoms with E-state index in [0.717, 1.165) is 11.1 Å². The monoisotopic (exact) mass is 232 g/mol. The number of nitrogens with zero attached hydrogens (tertiary/aromatic N) is 1. The quantitative estimate of drug-likeness (QED) is 0.814. The third-order valence-electron chi connectivity index (χ3n) is 3.72. The fourth-order valence-electron chi connectivity index (χ4n) is 2.20. The zero-order valence-electron chi connectivity index (χ0n) is 10.7. The summed E-state index contributed by atoms with van der Waals surface area (Å²) < 4.78 is 0. The van der Waals surface area contributed by atoms with Crippen LogP contribution in [0.2, 0.25) is 0 Å². The Morgan fingerprint density at radius 2 is 2.12 bits per heavy atom. The number of carbonyl (C=O) groups is 1. The molecule has 1 aromatic rings. The molecule has 1 aliphatic carbocycles. The molecule has 0 saturated heterocycles. The summed E-state index contributed by atoms with van der Waals surface area (Å²) in [5, 5.41) is 0. The number of carbonyl (C=O) groups excluding carboxylic acids is 1. The van der Waals surface area contributed by atoms with Crippen molar-refractivity contribution in [2.45, 2.75) is 32.7 Å². The number of anilines is 1. The second kappa shape index (κ2) is 4.40. The molecule has 1 unspecified atom stereocenters. The van der Waals surface area contributed by atoms with Crippen molar-refractivity contribution in [1.82, 2.24) is 4.90 Å². The predicted octanol–water partition coefficient (Wildman–Crippen LogP) is 2.45. The molecule has 0 spiro atoms. The van der Waals surface area contributed by atoms with Crippen LogP contribution in [0, 0.1) is 12.8 Å². The fraction of sp³-hybridized carbons (Fsp3) is 0.500. The Bertz CT molecular complexity index is 438. The summed E-state index contributed by atoms with van der Waals surface area (Å²) in [7, 11) is 1.89. The standard InChI is InChI=1S/C14H20N2O/c1-9-8-12(15)6-7-13(9)14(17)16(3)10(2)11-4-5-11/h6-8,10-11H,4-5,15H2,1-3H3. The molecule has 0 radical (unpaired) electrons.